The number of aromatic nitrogens is 4. The molecule has 22 heavy (non-hydrogen) atoms. The van der Waals surface area contributed by atoms with Gasteiger partial charge in [-0.3, -0.25) is 9.78 Å². The average molecular weight is 295 g/mol. The zero-order chi connectivity index (χ0) is 14.9. The summed E-state index contributed by atoms with van der Waals surface area (Å²) in [4.78, 5) is 19.5. The molecule has 1 fully saturated rings. The van der Waals surface area contributed by atoms with Crippen molar-refractivity contribution in [3.05, 3.63) is 46.9 Å². The summed E-state index contributed by atoms with van der Waals surface area (Å²) in [5.41, 5.74) is 1.30. The van der Waals surface area contributed by atoms with E-state index in [0.29, 0.717) is 22.9 Å². The molecule has 0 radical (unpaired) electrons. The van der Waals surface area contributed by atoms with Crippen molar-refractivity contribution in [2.75, 3.05) is 11.9 Å². The molecule has 1 aromatic carbocycles. The Bertz CT molecular complexity index is 848. The molecule has 0 saturated heterocycles. The first-order chi connectivity index (χ1) is 10.8. The SMILES string of the molecule is O=c1[nH]c(NCC2CCC2)nc2c1cnn2-c1ccccc1. The summed E-state index contributed by atoms with van der Waals surface area (Å²) in [6, 6.07) is 9.70. The van der Waals surface area contributed by atoms with Crippen LogP contribution < -0.4 is 10.9 Å². The highest BCUT2D eigenvalue weighted by Crippen LogP contribution is 2.26. The minimum Gasteiger partial charge on any atom is -0.355 e. The quantitative estimate of drug-likeness (QED) is 0.774. The van der Waals surface area contributed by atoms with Crippen molar-refractivity contribution < 1.29 is 0 Å². The Balaban J connectivity index is 1.73. The number of nitrogens with zero attached hydrogens (tertiary/aromatic N) is 3. The maximum atomic E-state index is 12.2. The topological polar surface area (TPSA) is 75.6 Å². The maximum Gasteiger partial charge on any atom is 0.263 e. The molecule has 6 nitrogen and oxygen atoms in total. The molecule has 2 aromatic heterocycles. The van der Waals surface area contributed by atoms with Crippen molar-refractivity contribution in [2.24, 2.45) is 5.92 Å². The largest absolute Gasteiger partial charge is 0.355 e. The van der Waals surface area contributed by atoms with Crippen molar-refractivity contribution in [3.63, 3.8) is 0 Å². The van der Waals surface area contributed by atoms with Crippen LogP contribution in [0.25, 0.3) is 16.7 Å². The lowest BCUT2D eigenvalue weighted by molar-refractivity contribution is 0.333. The molecule has 112 valence electrons. The van der Waals surface area contributed by atoms with Gasteiger partial charge in [0.2, 0.25) is 5.95 Å². The minimum absolute atomic E-state index is 0.164. The van der Waals surface area contributed by atoms with E-state index >= 15 is 0 Å². The number of hydrogen-bond acceptors (Lipinski definition) is 4. The van der Waals surface area contributed by atoms with Crippen LogP contribution in [0.5, 0.6) is 0 Å². The van der Waals surface area contributed by atoms with Gasteiger partial charge in [0.25, 0.3) is 5.56 Å². The van der Waals surface area contributed by atoms with Crippen LogP contribution in [-0.4, -0.2) is 26.3 Å². The van der Waals surface area contributed by atoms with Crippen LogP contribution >= 0.6 is 0 Å². The van der Waals surface area contributed by atoms with Crippen LogP contribution in [0.15, 0.2) is 41.3 Å². The molecular weight excluding hydrogens is 278 g/mol. The van der Waals surface area contributed by atoms with E-state index < -0.39 is 0 Å². The Morgan fingerprint density at radius 3 is 2.82 bits per heavy atom. The molecule has 0 unspecified atom stereocenters. The second kappa shape index (κ2) is 5.29. The summed E-state index contributed by atoms with van der Waals surface area (Å²) >= 11 is 0. The third-order valence-corrected chi connectivity index (χ3v) is 4.22. The molecule has 1 aliphatic rings. The van der Waals surface area contributed by atoms with Gasteiger partial charge in [-0.15, -0.1) is 0 Å². The fourth-order valence-corrected chi connectivity index (χ4v) is 2.70. The van der Waals surface area contributed by atoms with Gasteiger partial charge in [-0.25, -0.2) is 4.68 Å². The number of hydrogen-bond donors (Lipinski definition) is 2. The second-order valence-electron chi connectivity index (χ2n) is 5.72. The first-order valence-electron chi connectivity index (χ1n) is 7.58. The third kappa shape index (κ3) is 2.26. The fourth-order valence-electron chi connectivity index (χ4n) is 2.70. The summed E-state index contributed by atoms with van der Waals surface area (Å²) in [5, 5.41) is 8.03. The number of benzene rings is 1. The molecule has 3 aromatic rings. The predicted octanol–water partition coefficient (Wildman–Crippen LogP) is 2.32. The van der Waals surface area contributed by atoms with Crippen LogP contribution in [0, 0.1) is 5.92 Å². The van der Waals surface area contributed by atoms with Crippen LogP contribution in [0.2, 0.25) is 0 Å². The summed E-state index contributed by atoms with van der Waals surface area (Å²) < 4.78 is 1.69. The van der Waals surface area contributed by atoms with Gasteiger partial charge in [-0.1, -0.05) is 24.6 Å². The Morgan fingerprint density at radius 2 is 2.09 bits per heavy atom. The van der Waals surface area contributed by atoms with Crippen molar-refractivity contribution >= 4 is 17.0 Å². The molecule has 0 spiro atoms. The molecule has 6 heteroatoms. The lowest BCUT2D eigenvalue weighted by atomic mass is 9.85. The molecule has 0 atom stereocenters. The monoisotopic (exact) mass is 295 g/mol. The van der Waals surface area contributed by atoms with Gasteiger partial charge in [-0.05, 0) is 30.9 Å². The summed E-state index contributed by atoms with van der Waals surface area (Å²) in [6.45, 7) is 0.855. The smallest absolute Gasteiger partial charge is 0.263 e. The van der Waals surface area contributed by atoms with E-state index in [4.69, 9.17) is 0 Å². The zero-order valence-corrected chi connectivity index (χ0v) is 12.1. The van der Waals surface area contributed by atoms with E-state index in [0.717, 1.165) is 12.2 Å². The Hall–Kier alpha value is -2.63. The maximum absolute atomic E-state index is 12.2. The number of para-hydroxylation sites is 1. The molecular formula is C16H17N5O. The van der Waals surface area contributed by atoms with Gasteiger partial charge in [0.15, 0.2) is 5.65 Å². The third-order valence-electron chi connectivity index (χ3n) is 4.22. The zero-order valence-electron chi connectivity index (χ0n) is 12.1. The highest BCUT2D eigenvalue weighted by atomic mass is 16.1. The summed E-state index contributed by atoms with van der Waals surface area (Å²) in [7, 11) is 0. The van der Waals surface area contributed by atoms with Crippen LogP contribution in [-0.2, 0) is 0 Å². The van der Waals surface area contributed by atoms with E-state index in [1.54, 1.807) is 10.9 Å². The number of fused-ring (bicyclic) bond motifs is 1. The van der Waals surface area contributed by atoms with Crippen molar-refractivity contribution in [3.8, 4) is 5.69 Å². The predicted molar refractivity (Wildman–Crippen MR) is 85.3 cm³/mol. The van der Waals surface area contributed by atoms with Gasteiger partial charge < -0.3 is 5.32 Å². The highest BCUT2D eigenvalue weighted by Gasteiger charge is 2.18. The fraction of sp³-hybridized carbons (Fsp3) is 0.312. The standard InChI is InChI=1S/C16H17N5O/c22-15-13-10-18-21(12-7-2-1-3-8-12)14(13)19-16(20-15)17-9-11-5-4-6-11/h1-3,7-8,10-11H,4-6,9H2,(H2,17,19,20,22). The van der Waals surface area contributed by atoms with Gasteiger partial charge in [0, 0.05) is 6.54 Å². The highest BCUT2D eigenvalue weighted by molar-refractivity contribution is 5.76. The Labute approximate surface area is 127 Å². The van der Waals surface area contributed by atoms with E-state index in [2.05, 4.69) is 20.4 Å². The van der Waals surface area contributed by atoms with Crippen LogP contribution in [0.3, 0.4) is 0 Å². The summed E-state index contributed by atoms with van der Waals surface area (Å²) in [6.07, 6.45) is 5.36. The Morgan fingerprint density at radius 1 is 1.27 bits per heavy atom. The molecule has 1 saturated carbocycles. The lowest BCUT2D eigenvalue weighted by Gasteiger charge is -2.25. The van der Waals surface area contributed by atoms with E-state index in [1.165, 1.54) is 19.3 Å². The number of anilines is 1. The number of aromatic amines is 1. The number of nitrogens with one attached hydrogen (secondary N) is 2. The van der Waals surface area contributed by atoms with Gasteiger partial charge >= 0.3 is 0 Å². The average Bonchev–Trinajstić information content (AvgIpc) is 2.91. The van der Waals surface area contributed by atoms with E-state index in [1.807, 2.05) is 30.3 Å². The van der Waals surface area contributed by atoms with Gasteiger partial charge in [-0.2, -0.15) is 10.1 Å². The van der Waals surface area contributed by atoms with Crippen molar-refractivity contribution in [1.29, 1.82) is 0 Å². The summed E-state index contributed by atoms with van der Waals surface area (Å²) in [5.74, 6) is 1.21. The number of rotatable bonds is 4. The molecule has 1 aliphatic carbocycles. The molecule has 4 rings (SSSR count). The second-order valence-corrected chi connectivity index (χ2v) is 5.72. The van der Waals surface area contributed by atoms with Gasteiger partial charge in [0.05, 0.1) is 11.9 Å². The Kier molecular flexibility index (Phi) is 3.14. The van der Waals surface area contributed by atoms with Crippen molar-refractivity contribution in [2.45, 2.75) is 19.3 Å². The molecule has 0 amide bonds. The normalized spacial score (nSPS) is 14.9. The lowest BCUT2D eigenvalue weighted by Crippen LogP contribution is -2.23. The number of H-pyrrole nitrogens is 1. The molecule has 2 N–H and O–H groups in total. The van der Waals surface area contributed by atoms with Crippen molar-refractivity contribution in [1.82, 2.24) is 19.7 Å². The molecule has 0 aliphatic heterocycles. The van der Waals surface area contributed by atoms with Crippen LogP contribution in [0.1, 0.15) is 19.3 Å². The van der Waals surface area contributed by atoms with Gasteiger partial charge in [0.1, 0.15) is 5.39 Å². The van der Waals surface area contributed by atoms with Crippen LogP contribution in [0.4, 0.5) is 5.95 Å². The minimum atomic E-state index is -0.164. The van der Waals surface area contributed by atoms with E-state index in [9.17, 15) is 4.79 Å². The molecule has 2 heterocycles. The first-order valence-corrected chi connectivity index (χ1v) is 7.58. The molecule has 0 bridgehead atoms. The van der Waals surface area contributed by atoms with E-state index in [-0.39, 0.29) is 5.56 Å². The first kappa shape index (κ1) is 13.1.